The van der Waals surface area contributed by atoms with Gasteiger partial charge < -0.3 is 20.1 Å². The van der Waals surface area contributed by atoms with E-state index in [1.807, 2.05) is 25.1 Å². The van der Waals surface area contributed by atoms with Crippen LogP contribution in [0.4, 0.5) is 0 Å². The number of benzene rings is 2. The molecule has 1 aliphatic rings. The van der Waals surface area contributed by atoms with Crippen LogP contribution in [0.15, 0.2) is 42.5 Å². The number of ether oxygens (including phenoxy) is 1. The van der Waals surface area contributed by atoms with E-state index in [4.69, 9.17) is 4.74 Å². The molecule has 3 atom stereocenters. The van der Waals surface area contributed by atoms with Crippen LogP contribution in [0.5, 0.6) is 17.2 Å². The molecule has 37 heavy (non-hydrogen) atoms. The zero-order chi connectivity index (χ0) is 26.9. The maximum atomic E-state index is 11.8. The van der Waals surface area contributed by atoms with Crippen LogP contribution >= 0.6 is 0 Å². The van der Waals surface area contributed by atoms with Gasteiger partial charge in [0.1, 0.15) is 17.2 Å². The summed E-state index contributed by atoms with van der Waals surface area (Å²) in [5, 5.41) is 29.5. The largest absolute Gasteiger partial charge is 0.508 e. The average molecular weight is 511 g/mol. The lowest BCUT2D eigenvalue weighted by atomic mass is 9.66. The highest BCUT2D eigenvalue weighted by molar-refractivity contribution is 5.74. The topological polar surface area (TPSA) is 87.0 Å². The molecule has 0 radical (unpaired) electrons. The number of unbranched alkanes of at least 4 members (excludes halogenated alkanes) is 7. The maximum Gasteiger partial charge on any atom is 0.309 e. The van der Waals surface area contributed by atoms with Gasteiger partial charge in [-0.3, -0.25) is 4.79 Å². The third kappa shape index (κ3) is 7.43. The molecule has 5 heteroatoms. The average Bonchev–Trinajstić information content (AvgIpc) is 2.87. The minimum absolute atomic E-state index is 0.218. The molecular weight excluding hydrogens is 464 g/mol. The molecule has 0 aliphatic carbocycles. The molecule has 0 fully saturated rings. The van der Waals surface area contributed by atoms with Crippen molar-refractivity contribution in [2.24, 2.45) is 5.41 Å². The normalized spacial score (nSPS) is 20.6. The van der Waals surface area contributed by atoms with Crippen LogP contribution in [0.25, 0.3) is 0 Å². The van der Waals surface area contributed by atoms with Gasteiger partial charge in [0.25, 0.3) is 0 Å². The Morgan fingerprint density at radius 1 is 0.919 bits per heavy atom. The number of fused-ring (bicyclic) bond motifs is 1. The van der Waals surface area contributed by atoms with Gasteiger partial charge in [-0.2, -0.15) is 0 Å². The number of aromatic hydroxyl groups is 2. The van der Waals surface area contributed by atoms with E-state index < -0.39 is 11.4 Å². The quantitative estimate of drug-likeness (QED) is 0.210. The smallest absolute Gasteiger partial charge is 0.309 e. The SMILES string of the molecule is CCCCCC(C)(CCCCCCCC[C@@H]1c2ccc(O)cc2OC[C@]1(C)c1ccc(O)cc1)C(=O)O. The van der Waals surface area contributed by atoms with Gasteiger partial charge >= 0.3 is 5.97 Å². The predicted molar refractivity (Wildman–Crippen MR) is 149 cm³/mol. The van der Waals surface area contributed by atoms with Crippen molar-refractivity contribution in [3.63, 3.8) is 0 Å². The fraction of sp³-hybridized carbons (Fsp3) is 0.594. The molecule has 1 unspecified atom stereocenters. The molecule has 3 N–H and O–H groups in total. The number of carbonyl (C=O) groups is 1. The number of aliphatic carboxylic acids is 1. The van der Waals surface area contributed by atoms with E-state index >= 15 is 0 Å². The lowest BCUT2D eigenvalue weighted by Gasteiger charge is -2.43. The molecule has 3 rings (SSSR count). The Bertz CT molecular complexity index is 1000. The summed E-state index contributed by atoms with van der Waals surface area (Å²) in [4.78, 5) is 11.8. The van der Waals surface area contributed by atoms with Crippen LogP contribution in [0.2, 0.25) is 0 Å². The summed E-state index contributed by atoms with van der Waals surface area (Å²) in [5.41, 5.74) is 1.47. The Labute approximate surface area is 222 Å². The minimum Gasteiger partial charge on any atom is -0.508 e. The van der Waals surface area contributed by atoms with Crippen molar-refractivity contribution in [1.29, 1.82) is 0 Å². The highest BCUT2D eigenvalue weighted by atomic mass is 16.5. The predicted octanol–water partition coefficient (Wildman–Crippen LogP) is 8.32. The lowest BCUT2D eigenvalue weighted by Crippen LogP contribution is -2.40. The molecular formula is C32H46O5. The van der Waals surface area contributed by atoms with Crippen molar-refractivity contribution in [3.05, 3.63) is 53.6 Å². The fourth-order valence-corrected chi connectivity index (χ4v) is 5.88. The summed E-state index contributed by atoms with van der Waals surface area (Å²) in [6.45, 7) is 6.83. The molecule has 0 saturated heterocycles. The molecule has 2 aromatic rings. The second-order valence-electron chi connectivity index (χ2n) is 11.5. The molecule has 204 valence electrons. The monoisotopic (exact) mass is 510 g/mol. The lowest BCUT2D eigenvalue weighted by molar-refractivity contribution is -0.149. The van der Waals surface area contributed by atoms with Crippen LogP contribution in [0.3, 0.4) is 0 Å². The van der Waals surface area contributed by atoms with Crippen LogP contribution in [0.1, 0.15) is 115 Å². The first kappa shape index (κ1) is 28.9. The number of rotatable bonds is 15. The van der Waals surface area contributed by atoms with Crippen molar-refractivity contribution in [2.45, 2.75) is 109 Å². The van der Waals surface area contributed by atoms with Gasteiger partial charge in [-0.15, -0.1) is 0 Å². The molecule has 2 aromatic carbocycles. The first-order valence-corrected chi connectivity index (χ1v) is 14.2. The third-order valence-corrected chi connectivity index (χ3v) is 8.52. The van der Waals surface area contributed by atoms with Gasteiger partial charge in [-0.1, -0.05) is 89.8 Å². The first-order chi connectivity index (χ1) is 17.7. The molecule has 0 bridgehead atoms. The molecule has 0 spiro atoms. The van der Waals surface area contributed by atoms with Crippen molar-refractivity contribution in [3.8, 4) is 17.2 Å². The summed E-state index contributed by atoms with van der Waals surface area (Å²) in [6, 6.07) is 12.9. The van der Waals surface area contributed by atoms with E-state index in [1.54, 1.807) is 24.3 Å². The van der Waals surface area contributed by atoms with E-state index in [0.29, 0.717) is 6.61 Å². The van der Waals surface area contributed by atoms with E-state index in [0.717, 1.165) is 93.9 Å². The second-order valence-corrected chi connectivity index (χ2v) is 11.5. The third-order valence-electron chi connectivity index (χ3n) is 8.52. The van der Waals surface area contributed by atoms with Crippen molar-refractivity contribution in [2.75, 3.05) is 6.61 Å². The minimum atomic E-state index is -0.648. The highest BCUT2D eigenvalue weighted by Crippen LogP contribution is 2.49. The Kier molecular flexibility index (Phi) is 10.3. The molecule has 5 nitrogen and oxygen atoms in total. The second kappa shape index (κ2) is 13.2. The Morgan fingerprint density at radius 2 is 1.51 bits per heavy atom. The molecule has 0 saturated carbocycles. The number of hydrogen-bond donors (Lipinski definition) is 3. The van der Waals surface area contributed by atoms with Gasteiger partial charge in [0.05, 0.1) is 12.0 Å². The van der Waals surface area contributed by atoms with Crippen molar-refractivity contribution in [1.82, 2.24) is 0 Å². The van der Waals surface area contributed by atoms with E-state index in [-0.39, 0.29) is 22.8 Å². The first-order valence-electron chi connectivity index (χ1n) is 14.2. The standard InChI is InChI=1S/C32H46O5/c1-4-5-11-20-31(2,30(35)36)21-12-9-7-6-8-10-13-28-27-19-18-26(34)22-29(27)37-23-32(28,3)24-14-16-25(33)17-15-24/h14-19,22,28,33-34H,4-13,20-21,23H2,1-3H3,(H,35,36)/t28-,31?,32-/m1/s1. The van der Waals surface area contributed by atoms with Gasteiger partial charge in [0.15, 0.2) is 0 Å². The van der Waals surface area contributed by atoms with Crippen molar-refractivity contribution < 1.29 is 24.9 Å². The molecule has 1 heterocycles. The number of carboxylic acids is 1. The summed E-state index contributed by atoms with van der Waals surface area (Å²) in [7, 11) is 0. The van der Waals surface area contributed by atoms with Crippen LogP contribution in [0, 0.1) is 5.41 Å². The molecule has 1 aliphatic heterocycles. The van der Waals surface area contributed by atoms with Gasteiger partial charge in [-0.25, -0.2) is 0 Å². The van der Waals surface area contributed by atoms with Crippen LogP contribution in [-0.4, -0.2) is 27.9 Å². The summed E-state index contributed by atoms with van der Waals surface area (Å²) < 4.78 is 6.12. The van der Waals surface area contributed by atoms with Crippen LogP contribution < -0.4 is 4.74 Å². The highest BCUT2D eigenvalue weighted by Gasteiger charge is 2.42. The zero-order valence-corrected chi connectivity index (χ0v) is 23.0. The summed E-state index contributed by atoms with van der Waals surface area (Å²) in [6.07, 6.45) is 12.4. The molecule has 0 aromatic heterocycles. The Morgan fingerprint density at radius 3 is 2.16 bits per heavy atom. The Balaban J connectivity index is 1.52. The van der Waals surface area contributed by atoms with Crippen LogP contribution in [-0.2, 0) is 10.2 Å². The summed E-state index contributed by atoms with van der Waals surface area (Å²) in [5.74, 6) is 0.846. The number of hydrogen-bond acceptors (Lipinski definition) is 4. The van der Waals surface area contributed by atoms with E-state index in [9.17, 15) is 20.1 Å². The van der Waals surface area contributed by atoms with E-state index in [2.05, 4.69) is 13.8 Å². The fourth-order valence-electron chi connectivity index (χ4n) is 5.88. The van der Waals surface area contributed by atoms with E-state index in [1.165, 1.54) is 0 Å². The number of carboxylic acid groups (broad SMARTS) is 1. The summed E-state index contributed by atoms with van der Waals surface area (Å²) >= 11 is 0. The number of phenolic OH excluding ortho intramolecular Hbond substituents is 2. The number of phenols is 2. The molecule has 0 amide bonds. The van der Waals surface area contributed by atoms with Gasteiger partial charge in [-0.05, 0) is 55.5 Å². The maximum absolute atomic E-state index is 11.8. The van der Waals surface area contributed by atoms with Gasteiger partial charge in [0.2, 0.25) is 0 Å². The zero-order valence-electron chi connectivity index (χ0n) is 23.0. The van der Waals surface area contributed by atoms with Gasteiger partial charge in [0, 0.05) is 17.4 Å². The Hall–Kier alpha value is -2.69. The van der Waals surface area contributed by atoms with Crippen molar-refractivity contribution >= 4 is 5.97 Å².